The van der Waals surface area contributed by atoms with Gasteiger partial charge in [0.05, 0.1) is 32.0 Å². The Balaban J connectivity index is 2.27. The Hall–Kier alpha value is -2.11. The van der Waals surface area contributed by atoms with E-state index in [0.717, 1.165) is 44.9 Å². The third kappa shape index (κ3) is 34.7. The van der Waals surface area contributed by atoms with Gasteiger partial charge in [0.2, 0.25) is 0 Å². The molecule has 3 unspecified atom stereocenters. The minimum atomic E-state index is -4.64. The summed E-state index contributed by atoms with van der Waals surface area (Å²) in [4.78, 5) is 35.0. The molecule has 0 saturated carbocycles. The zero-order valence-corrected chi connectivity index (χ0v) is 37.1. The number of hydrogen-bond acceptors (Lipinski definition) is 10. The number of aliphatic hydroxyl groups excluding tert-OH is 2. The van der Waals surface area contributed by atoms with E-state index >= 15 is 0 Å². The molecule has 1 fully saturated rings. The van der Waals surface area contributed by atoms with Gasteiger partial charge in [-0.3, -0.25) is 18.6 Å². The van der Waals surface area contributed by atoms with Crippen molar-refractivity contribution < 1.29 is 52.5 Å². The van der Waals surface area contributed by atoms with Crippen LogP contribution in [0.5, 0.6) is 0 Å². The van der Waals surface area contributed by atoms with E-state index < -0.39 is 51.8 Å². The van der Waals surface area contributed by atoms with Crippen LogP contribution in [0.15, 0.2) is 48.6 Å². The van der Waals surface area contributed by atoms with E-state index in [0.29, 0.717) is 31.5 Å². The molecule has 0 aromatic carbocycles. The van der Waals surface area contributed by atoms with Gasteiger partial charge in [0, 0.05) is 12.8 Å². The van der Waals surface area contributed by atoms with Crippen LogP contribution < -0.4 is 0 Å². The number of phosphoric acid groups is 1. The highest BCUT2D eigenvalue weighted by Crippen LogP contribution is 2.43. The molecule has 5 atom stereocenters. The van der Waals surface area contributed by atoms with Crippen LogP contribution in [-0.4, -0.2) is 77.9 Å². The quantitative estimate of drug-likeness (QED) is 0.0177. The van der Waals surface area contributed by atoms with E-state index in [1.54, 1.807) is 0 Å². The van der Waals surface area contributed by atoms with Crippen molar-refractivity contribution >= 4 is 19.8 Å². The van der Waals surface area contributed by atoms with Gasteiger partial charge in [0.15, 0.2) is 6.10 Å². The number of carbonyl (C=O) groups excluding carboxylic acids is 2. The number of aliphatic hydroxyl groups is 2. The molecule has 0 amide bonds. The summed E-state index contributed by atoms with van der Waals surface area (Å²) >= 11 is 0. The molecule has 0 aliphatic carbocycles. The number of unbranched alkanes of at least 4 members (excludes halogenated alkanes) is 16. The molecule has 0 radical (unpaired) electrons. The Morgan fingerprint density at radius 1 is 0.621 bits per heavy atom. The van der Waals surface area contributed by atoms with E-state index in [-0.39, 0.29) is 19.4 Å². The minimum absolute atomic E-state index is 0.103. The minimum Gasteiger partial charge on any atom is -0.462 e. The molecule has 336 valence electrons. The molecule has 12 heteroatoms. The Labute approximate surface area is 351 Å². The van der Waals surface area contributed by atoms with Crippen LogP contribution in [0.4, 0.5) is 0 Å². The molecule has 1 heterocycles. The van der Waals surface area contributed by atoms with Crippen molar-refractivity contribution in [2.24, 2.45) is 0 Å². The Kier molecular flexibility index (Phi) is 35.2. The molecule has 3 N–H and O–H groups in total. The van der Waals surface area contributed by atoms with Gasteiger partial charge in [0.25, 0.3) is 0 Å². The molecule has 1 rings (SSSR count). The van der Waals surface area contributed by atoms with E-state index in [2.05, 4.69) is 54.8 Å². The summed E-state index contributed by atoms with van der Waals surface area (Å²) in [5.74, 6) is -1.00. The van der Waals surface area contributed by atoms with Gasteiger partial charge in [-0.15, -0.1) is 0 Å². The van der Waals surface area contributed by atoms with Crippen LogP contribution in [0.3, 0.4) is 0 Å². The van der Waals surface area contributed by atoms with Gasteiger partial charge in [0.1, 0.15) is 12.7 Å². The smallest absolute Gasteiger partial charge is 0.462 e. The van der Waals surface area contributed by atoms with Gasteiger partial charge >= 0.3 is 19.8 Å². The Morgan fingerprint density at radius 3 is 1.79 bits per heavy atom. The van der Waals surface area contributed by atoms with Crippen LogP contribution >= 0.6 is 7.82 Å². The molecular weight excluding hydrogens is 759 g/mol. The molecular formula is C46H81O11P. The first kappa shape index (κ1) is 53.9. The molecule has 58 heavy (non-hydrogen) atoms. The first-order valence-corrected chi connectivity index (χ1v) is 24.2. The molecule has 0 aromatic rings. The highest BCUT2D eigenvalue weighted by atomic mass is 31.2. The van der Waals surface area contributed by atoms with Crippen LogP contribution in [0.1, 0.15) is 181 Å². The van der Waals surface area contributed by atoms with Gasteiger partial charge in [-0.2, -0.15) is 0 Å². The number of phosphoric ester groups is 1. The lowest BCUT2D eigenvalue weighted by atomic mass is 10.1. The third-order valence-electron chi connectivity index (χ3n) is 9.88. The summed E-state index contributed by atoms with van der Waals surface area (Å²) < 4.78 is 38.4. The second kappa shape index (κ2) is 37.9. The normalized spacial score (nSPS) is 17.7. The van der Waals surface area contributed by atoms with E-state index in [1.165, 1.54) is 89.9 Å². The van der Waals surface area contributed by atoms with E-state index in [9.17, 15) is 24.2 Å². The average molecular weight is 841 g/mol. The number of carbonyl (C=O) groups is 2. The van der Waals surface area contributed by atoms with Gasteiger partial charge in [-0.1, -0.05) is 146 Å². The molecule has 1 aliphatic heterocycles. The second-order valence-electron chi connectivity index (χ2n) is 15.5. The zero-order chi connectivity index (χ0) is 42.4. The highest BCUT2D eigenvalue weighted by molar-refractivity contribution is 7.47. The predicted molar refractivity (Wildman–Crippen MR) is 232 cm³/mol. The van der Waals surface area contributed by atoms with Gasteiger partial charge in [-0.25, -0.2) is 4.57 Å². The predicted octanol–water partition coefficient (Wildman–Crippen LogP) is 11.1. The summed E-state index contributed by atoms with van der Waals surface area (Å²) in [6.45, 7) is 2.27. The summed E-state index contributed by atoms with van der Waals surface area (Å²) in [7, 11) is -4.64. The monoisotopic (exact) mass is 841 g/mol. The van der Waals surface area contributed by atoms with Crippen LogP contribution in [0.2, 0.25) is 0 Å². The fourth-order valence-electron chi connectivity index (χ4n) is 6.25. The second-order valence-corrected chi connectivity index (χ2v) is 16.9. The van der Waals surface area contributed by atoms with Crippen molar-refractivity contribution in [3.8, 4) is 0 Å². The van der Waals surface area contributed by atoms with Crippen molar-refractivity contribution in [3.05, 3.63) is 48.6 Å². The lowest BCUT2D eigenvalue weighted by Crippen LogP contribution is -2.29. The molecule has 11 nitrogen and oxygen atoms in total. The van der Waals surface area contributed by atoms with Crippen LogP contribution in [0.25, 0.3) is 0 Å². The molecule has 1 saturated heterocycles. The molecule has 1 aliphatic rings. The zero-order valence-electron chi connectivity index (χ0n) is 36.2. The van der Waals surface area contributed by atoms with Gasteiger partial charge in [-0.05, 0) is 70.6 Å². The van der Waals surface area contributed by atoms with Crippen molar-refractivity contribution in [3.63, 3.8) is 0 Å². The lowest BCUT2D eigenvalue weighted by molar-refractivity contribution is -0.161. The summed E-state index contributed by atoms with van der Waals surface area (Å²) in [5.41, 5.74) is 0. The van der Waals surface area contributed by atoms with Crippen molar-refractivity contribution in [2.75, 3.05) is 26.4 Å². The van der Waals surface area contributed by atoms with Crippen molar-refractivity contribution in [1.82, 2.24) is 0 Å². The highest BCUT2D eigenvalue weighted by Gasteiger charge is 2.36. The summed E-state index contributed by atoms with van der Waals surface area (Å²) in [6, 6.07) is 0. The fourth-order valence-corrected chi connectivity index (χ4v) is 7.04. The Morgan fingerprint density at radius 2 is 1.14 bits per heavy atom. The average Bonchev–Trinajstić information content (AvgIpc) is 3.97. The Bertz CT molecular complexity index is 1170. The maximum atomic E-state index is 12.6. The van der Waals surface area contributed by atoms with Gasteiger partial charge < -0.3 is 29.3 Å². The number of rotatable bonds is 41. The molecule has 0 spiro atoms. The van der Waals surface area contributed by atoms with Crippen molar-refractivity contribution in [2.45, 2.75) is 205 Å². The topological polar surface area (TPSA) is 161 Å². The third-order valence-corrected chi connectivity index (χ3v) is 10.8. The van der Waals surface area contributed by atoms with Crippen molar-refractivity contribution in [1.29, 1.82) is 0 Å². The van der Waals surface area contributed by atoms with Crippen LogP contribution in [0, 0.1) is 0 Å². The standard InChI is InChI=1S/C46H81O11P/c1-3-5-7-8-9-10-11-12-13-14-15-16-17-21-24-27-31-35-45(49)53-39-42(40-55-58(51,52)54-38-41(48)37-47)56-46(50)36-32-28-25-22-19-18-20-23-26-30-34-44-43(57-44)33-29-6-4-2/h12-13,18,20,22,25-26,30,41-44,47-48H,3-11,14-17,19,21,23-24,27-29,31-40H2,1-2H3,(H,51,52)/b13-12-,20-18-,25-22-,30-26-/t41-,42+,43?,44?/m0/s1. The maximum Gasteiger partial charge on any atom is 0.472 e. The summed E-state index contributed by atoms with van der Waals surface area (Å²) in [5, 5.41) is 18.3. The number of hydrogen-bond donors (Lipinski definition) is 3. The summed E-state index contributed by atoms with van der Waals surface area (Å²) in [6.07, 6.45) is 42.6. The lowest BCUT2D eigenvalue weighted by Gasteiger charge is -2.20. The number of allylic oxidation sites excluding steroid dienone is 7. The maximum absolute atomic E-state index is 12.6. The van der Waals surface area contributed by atoms with E-state index in [1.807, 2.05) is 12.2 Å². The molecule has 0 aromatic heterocycles. The van der Waals surface area contributed by atoms with E-state index in [4.69, 9.17) is 23.8 Å². The van der Waals surface area contributed by atoms with Crippen LogP contribution in [-0.2, 0) is 37.4 Å². The first-order chi connectivity index (χ1) is 28.2. The first-order valence-electron chi connectivity index (χ1n) is 22.7. The number of esters is 2. The molecule has 0 bridgehead atoms. The fraction of sp³-hybridized carbons (Fsp3) is 0.783. The largest absolute Gasteiger partial charge is 0.472 e. The number of epoxide rings is 1. The SMILES string of the molecule is CCCCCCCC/C=C\CCCCCCCCCC(=O)OC[C@H](COP(=O)(O)OC[C@@H](O)CO)OC(=O)CCC/C=C\C/C=C\C/C=C\CC1OC1CCCCC. The number of ether oxygens (including phenoxy) is 3.